The number of benzene rings is 2. The topological polar surface area (TPSA) is 90.9 Å². The summed E-state index contributed by atoms with van der Waals surface area (Å²) in [6.07, 6.45) is 0. The number of carbonyl (C=O) groups is 1. The Bertz CT molecular complexity index is 913. The first kappa shape index (κ1) is 20.1. The molecule has 0 aliphatic carbocycles. The summed E-state index contributed by atoms with van der Waals surface area (Å²) in [4.78, 5) is 11.7. The predicted molar refractivity (Wildman–Crippen MR) is 100 cm³/mol. The quantitative estimate of drug-likeness (QED) is 0.658. The molecule has 0 radical (unpaired) electrons. The summed E-state index contributed by atoms with van der Waals surface area (Å²) in [5.41, 5.74) is 0.191. The van der Waals surface area contributed by atoms with Gasteiger partial charge in [0, 0.05) is 10.5 Å². The molecule has 0 heterocycles. The molecule has 0 fully saturated rings. The van der Waals surface area contributed by atoms with Crippen molar-refractivity contribution in [3.63, 3.8) is 0 Å². The molecule has 9 heteroatoms. The Morgan fingerprint density at radius 3 is 2.46 bits per heavy atom. The second kappa shape index (κ2) is 8.41. The fraction of sp³-hybridized carbons (Fsp3) is 0.235. The maximum Gasteiger partial charge on any atom is 0.339 e. The van der Waals surface area contributed by atoms with Gasteiger partial charge >= 0.3 is 5.97 Å². The monoisotopic (exact) mass is 443 g/mol. The van der Waals surface area contributed by atoms with E-state index < -0.39 is 16.0 Å². The molecular formula is C17H18BrNO6S. The molecular weight excluding hydrogens is 426 g/mol. The number of anilines is 1. The molecule has 0 aliphatic rings. The second-order valence-electron chi connectivity index (χ2n) is 5.04. The smallest absolute Gasteiger partial charge is 0.339 e. The highest BCUT2D eigenvalue weighted by atomic mass is 79.9. The first-order chi connectivity index (χ1) is 12.3. The van der Waals surface area contributed by atoms with Gasteiger partial charge in [-0.2, -0.15) is 0 Å². The van der Waals surface area contributed by atoms with Crippen molar-refractivity contribution in [1.82, 2.24) is 0 Å². The van der Waals surface area contributed by atoms with Gasteiger partial charge in [0.2, 0.25) is 0 Å². The third-order valence-corrected chi connectivity index (χ3v) is 5.28. The van der Waals surface area contributed by atoms with E-state index in [1.807, 2.05) is 6.92 Å². The summed E-state index contributed by atoms with van der Waals surface area (Å²) in [6, 6.07) is 8.88. The van der Waals surface area contributed by atoms with Crippen molar-refractivity contribution in [2.75, 3.05) is 25.5 Å². The van der Waals surface area contributed by atoms with E-state index in [2.05, 4.69) is 25.4 Å². The number of ether oxygens (including phenoxy) is 3. The number of methoxy groups -OCH3 is 2. The van der Waals surface area contributed by atoms with Gasteiger partial charge in [0.05, 0.1) is 32.1 Å². The largest absolute Gasteiger partial charge is 0.493 e. The van der Waals surface area contributed by atoms with Gasteiger partial charge in [0.15, 0.2) is 11.5 Å². The molecule has 0 aromatic heterocycles. The molecule has 0 amide bonds. The van der Waals surface area contributed by atoms with E-state index in [4.69, 9.17) is 9.47 Å². The zero-order valence-corrected chi connectivity index (χ0v) is 16.8. The molecule has 2 rings (SSSR count). The van der Waals surface area contributed by atoms with Gasteiger partial charge in [0.25, 0.3) is 10.0 Å². The number of nitrogens with one attached hydrogen (secondary N) is 1. The molecule has 0 spiro atoms. The van der Waals surface area contributed by atoms with E-state index in [0.29, 0.717) is 22.6 Å². The van der Waals surface area contributed by atoms with E-state index in [1.54, 1.807) is 12.1 Å². The van der Waals surface area contributed by atoms with Crippen molar-refractivity contribution < 1.29 is 27.4 Å². The minimum atomic E-state index is -4.03. The van der Waals surface area contributed by atoms with Crippen LogP contribution in [0.25, 0.3) is 0 Å². The van der Waals surface area contributed by atoms with Gasteiger partial charge in [-0.3, -0.25) is 4.72 Å². The summed E-state index contributed by atoms with van der Waals surface area (Å²) < 4.78 is 43.8. The third kappa shape index (κ3) is 4.47. The number of hydrogen-bond donors (Lipinski definition) is 1. The number of sulfonamides is 1. The average molecular weight is 444 g/mol. The highest BCUT2D eigenvalue weighted by Gasteiger charge is 2.24. The van der Waals surface area contributed by atoms with Crippen molar-refractivity contribution in [3.05, 3.63) is 46.4 Å². The number of rotatable bonds is 7. The third-order valence-electron chi connectivity index (χ3n) is 3.35. The minimum absolute atomic E-state index is 0.0766. The van der Waals surface area contributed by atoms with Crippen molar-refractivity contribution in [2.45, 2.75) is 11.8 Å². The molecule has 0 unspecified atom stereocenters. The van der Waals surface area contributed by atoms with E-state index in [9.17, 15) is 13.2 Å². The normalized spacial score (nSPS) is 10.9. The zero-order valence-electron chi connectivity index (χ0n) is 14.4. The number of halogens is 1. The van der Waals surface area contributed by atoms with Crippen molar-refractivity contribution in [3.8, 4) is 11.5 Å². The van der Waals surface area contributed by atoms with Crippen LogP contribution in [0.2, 0.25) is 0 Å². The summed E-state index contributed by atoms with van der Waals surface area (Å²) >= 11 is 3.22. The minimum Gasteiger partial charge on any atom is -0.493 e. The molecule has 140 valence electrons. The van der Waals surface area contributed by atoms with Crippen LogP contribution < -0.4 is 14.2 Å². The van der Waals surface area contributed by atoms with Gasteiger partial charge in [-0.05, 0) is 37.3 Å². The fourth-order valence-electron chi connectivity index (χ4n) is 2.22. The lowest BCUT2D eigenvalue weighted by Crippen LogP contribution is -2.17. The lowest BCUT2D eigenvalue weighted by atomic mass is 10.2. The van der Waals surface area contributed by atoms with Gasteiger partial charge in [-0.25, -0.2) is 13.2 Å². The van der Waals surface area contributed by atoms with Crippen molar-refractivity contribution in [2.24, 2.45) is 0 Å². The summed E-state index contributed by atoms with van der Waals surface area (Å²) in [5, 5.41) is 0. The fourth-order valence-corrected chi connectivity index (χ4v) is 3.81. The summed E-state index contributed by atoms with van der Waals surface area (Å²) in [6.45, 7) is 2.28. The molecule has 0 aliphatic heterocycles. The van der Waals surface area contributed by atoms with Crippen LogP contribution in [0.5, 0.6) is 11.5 Å². The average Bonchev–Trinajstić information content (AvgIpc) is 2.61. The lowest BCUT2D eigenvalue weighted by Gasteiger charge is -2.14. The summed E-state index contributed by atoms with van der Waals surface area (Å²) in [7, 11) is -1.39. The standard InChI is InChI=1S/C17H18BrNO6S/c1-4-25-14-7-6-12(10-15(14)23-2)19-26(21,22)16-8-5-11(18)9-13(16)17(20)24-3/h5-10,19H,4H2,1-3H3. The second-order valence-corrected chi connectivity index (χ2v) is 7.60. The SMILES string of the molecule is CCOc1ccc(NS(=O)(=O)c2ccc(Br)cc2C(=O)OC)cc1OC. The molecule has 0 bridgehead atoms. The van der Waals surface area contributed by atoms with Crippen LogP contribution in [-0.2, 0) is 14.8 Å². The molecule has 2 aromatic rings. The Hall–Kier alpha value is -2.26. The molecule has 2 aromatic carbocycles. The Morgan fingerprint density at radius 2 is 1.85 bits per heavy atom. The van der Waals surface area contributed by atoms with Gasteiger partial charge in [-0.15, -0.1) is 0 Å². The van der Waals surface area contributed by atoms with E-state index in [1.165, 1.54) is 38.5 Å². The van der Waals surface area contributed by atoms with Gasteiger partial charge < -0.3 is 14.2 Å². The van der Waals surface area contributed by atoms with Crippen LogP contribution in [0.4, 0.5) is 5.69 Å². The van der Waals surface area contributed by atoms with E-state index >= 15 is 0 Å². The molecule has 0 saturated heterocycles. The Morgan fingerprint density at radius 1 is 1.12 bits per heavy atom. The van der Waals surface area contributed by atoms with Crippen LogP contribution in [-0.4, -0.2) is 35.2 Å². The first-order valence-corrected chi connectivity index (χ1v) is 9.81. The van der Waals surface area contributed by atoms with Gasteiger partial charge in [-0.1, -0.05) is 15.9 Å². The number of carbonyl (C=O) groups excluding carboxylic acids is 1. The van der Waals surface area contributed by atoms with E-state index in [-0.39, 0.29) is 16.1 Å². The number of esters is 1. The van der Waals surface area contributed by atoms with Crippen LogP contribution in [0.1, 0.15) is 17.3 Å². The Kier molecular flexibility index (Phi) is 6.49. The highest BCUT2D eigenvalue weighted by Crippen LogP contribution is 2.31. The van der Waals surface area contributed by atoms with Crippen LogP contribution in [0, 0.1) is 0 Å². The zero-order chi connectivity index (χ0) is 19.3. The molecule has 0 atom stereocenters. The molecule has 26 heavy (non-hydrogen) atoms. The molecule has 1 N–H and O–H groups in total. The van der Waals surface area contributed by atoms with Crippen LogP contribution >= 0.6 is 15.9 Å². The van der Waals surface area contributed by atoms with E-state index in [0.717, 1.165) is 0 Å². The maximum atomic E-state index is 12.8. The Balaban J connectivity index is 2.42. The van der Waals surface area contributed by atoms with Crippen LogP contribution in [0.15, 0.2) is 45.8 Å². The number of hydrogen-bond acceptors (Lipinski definition) is 6. The lowest BCUT2D eigenvalue weighted by molar-refractivity contribution is 0.0596. The Labute approximate surface area is 160 Å². The van der Waals surface area contributed by atoms with Gasteiger partial charge in [0.1, 0.15) is 4.90 Å². The van der Waals surface area contributed by atoms with Crippen molar-refractivity contribution >= 4 is 37.6 Å². The first-order valence-electron chi connectivity index (χ1n) is 7.54. The maximum absolute atomic E-state index is 12.8. The van der Waals surface area contributed by atoms with Crippen LogP contribution in [0.3, 0.4) is 0 Å². The summed E-state index contributed by atoms with van der Waals surface area (Å²) in [5.74, 6) is 0.129. The van der Waals surface area contributed by atoms with Crippen molar-refractivity contribution in [1.29, 1.82) is 0 Å². The molecule has 0 saturated carbocycles. The highest BCUT2D eigenvalue weighted by molar-refractivity contribution is 9.10. The molecule has 7 nitrogen and oxygen atoms in total. The predicted octanol–water partition coefficient (Wildman–Crippen LogP) is 3.44.